The van der Waals surface area contributed by atoms with Crippen molar-refractivity contribution in [3.05, 3.63) is 132 Å². The van der Waals surface area contributed by atoms with Gasteiger partial charge in [0.1, 0.15) is 23.1 Å². The lowest BCUT2D eigenvalue weighted by atomic mass is 9.95. The number of fused-ring (bicyclic) bond motifs is 1. The van der Waals surface area contributed by atoms with Gasteiger partial charge in [-0.2, -0.15) is 17.6 Å². The lowest BCUT2D eigenvalue weighted by Gasteiger charge is -2.26. The minimum Gasteiger partial charge on any atom is -0.456 e. The van der Waals surface area contributed by atoms with Crippen molar-refractivity contribution < 1.29 is 41.3 Å². The van der Waals surface area contributed by atoms with Gasteiger partial charge >= 0.3 is 12.5 Å². The summed E-state index contributed by atoms with van der Waals surface area (Å²) in [5.74, 6) is -0.707. The first-order valence-corrected chi connectivity index (χ1v) is 13.4. The summed E-state index contributed by atoms with van der Waals surface area (Å²) in [5, 5.41) is 14.8. The minimum absolute atomic E-state index is 0.114. The number of aliphatic hydroxyl groups is 1. The molecule has 0 aliphatic heterocycles. The van der Waals surface area contributed by atoms with Crippen molar-refractivity contribution >= 4 is 16.7 Å². The van der Waals surface area contributed by atoms with Crippen LogP contribution in [0.1, 0.15) is 27.6 Å². The fraction of sp³-hybridized carbons (Fsp3) is 0.152. The van der Waals surface area contributed by atoms with Gasteiger partial charge in [-0.05, 0) is 71.5 Å². The number of halogens is 5. The normalized spacial score (nSPS) is 13.0. The van der Waals surface area contributed by atoms with Crippen molar-refractivity contribution in [1.82, 2.24) is 10.3 Å². The van der Waals surface area contributed by atoms with Crippen LogP contribution < -0.4 is 14.8 Å². The van der Waals surface area contributed by atoms with Crippen molar-refractivity contribution in [3.63, 3.8) is 0 Å². The Labute approximate surface area is 248 Å². The lowest BCUT2D eigenvalue weighted by molar-refractivity contribution is -0.253. The molecule has 4 aromatic carbocycles. The molecule has 0 radical (unpaired) electrons. The van der Waals surface area contributed by atoms with E-state index in [1.165, 1.54) is 30.5 Å². The summed E-state index contributed by atoms with van der Waals surface area (Å²) in [7, 11) is 0. The van der Waals surface area contributed by atoms with Crippen LogP contribution in [0.5, 0.6) is 17.2 Å². The number of rotatable bonds is 11. The minimum atomic E-state index is -4.71. The molecule has 0 fully saturated rings. The Kier molecular flexibility index (Phi) is 9.05. The maximum Gasteiger partial charge on any atom is 0.461 e. The van der Waals surface area contributed by atoms with Crippen LogP contribution in [0.15, 0.2) is 109 Å². The highest BCUT2D eigenvalue weighted by Gasteiger charge is 2.44. The number of nitrogens with zero attached hydrogens (tertiary/aromatic N) is 1. The molecule has 1 aromatic heterocycles. The second-order valence-corrected chi connectivity index (χ2v) is 9.84. The van der Waals surface area contributed by atoms with E-state index in [4.69, 9.17) is 4.74 Å². The van der Waals surface area contributed by atoms with Gasteiger partial charge in [0.05, 0.1) is 18.3 Å². The molecule has 5 rings (SSSR count). The number of benzene rings is 4. The van der Waals surface area contributed by atoms with E-state index in [0.29, 0.717) is 28.0 Å². The Bertz CT molecular complexity index is 1740. The summed E-state index contributed by atoms with van der Waals surface area (Å²) in [6, 6.07) is 22.7. The van der Waals surface area contributed by atoms with Gasteiger partial charge in [-0.3, -0.25) is 9.78 Å². The van der Waals surface area contributed by atoms with Crippen LogP contribution in [-0.2, 0) is 6.42 Å². The molecular weight excluding hydrogens is 583 g/mol. The highest BCUT2D eigenvalue weighted by Crippen LogP contribution is 2.30. The standard InChI is InChI=1S/C33H25F5N2O4/c34-28-15-14-27(25-8-1-2-9-26(25)28)31(42)40-29(18-20-5-3-6-23(17-20)44-33(37,38)32(35)36)30(41)21-10-12-22(13-11-21)43-24-7-4-16-39-19-24/h1-17,19,29-30,32,41H,18H2,(H,40,42). The smallest absolute Gasteiger partial charge is 0.456 e. The largest absolute Gasteiger partial charge is 0.461 e. The molecule has 0 aliphatic carbocycles. The summed E-state index contributed by atoms with van der Waals surface area (Å²) >= 11 is 0. The molecule has 0 spiro atoms. The Morgan fingerprint density at radius 1 is 0.864 bits per heavy atom. The number of nitrogens with one attached hydrogen (secondary N) is 1. The number of alkyl halides is 4. The van der Waals surface area contributed by atoms with E-state index < -0.39 is 42.2 Å². The van der Waals surface area contributed by atoms with E-state index in [2.05, 4.69) is 15.0 Å². The average molecular weight is 609 g/mol. The molecule has 11 heteroatoms. The van der Waals surface area contributed by atoms with E-state index in [9.17, 15) is 31.9 Å². The second kappa shape index (κ2) is 13.1. The van der Waals surface area contributed by atoms with Crippen LogP contribution in [0.3, 0.4) is 0 Å². The van der Waals surface area contributed by atoms with Crippen LogP contribution in [-0.4, -0.2) is 34.6 Å². The van der Waals surface area contributed by atoms with Crippen molar-refractivity contribution in [2.45, 2.75) is 31.1 Å². The quantitative estimate of drug-likeness (QED) is 0.152. The summed E-state index contributed by atoms with van der Waals surface area (Å²) in [6.07, 6.45) is -7.07. The summed E-state index contributed by atoms with van der Waals surface area (Å²) < 4.78 is 76.9. The van der Waals surface area contributed by atoms with Crippen molar-refractivity contribution in [1.29, 1.82) is 0 Å². The topological polar surface area (TPSA) is 80.7 Å². The van der Waals surface area contributed by atoms with Crippen LogP contribution >= 0.6 is 0 Å². The predicted molar refractivity (Wildman–Crippen MR) is 153 cm³/mol. The number of amides is 1. The Balaban J connectivity index is 1.43. The van der Waals surface area contributed by atoms with Crippen molar-refractivity contribution in [2.75, 3.05) is 0 Å². The molecule has 226 valence electrons. The van der Waals surface area contributed by atoms with Crippen molar-refractivity contribution in [2.24, 2.45) is 0 Å². The molecule has 2 unspecified atom stereocenters. The number of carbonyl (C=O) groups is 1. The number of carbonyl (C=O) groups excluding carboxylic acids is 1. The van der Waals surface area contributed by atoms with Gasteiger partial charge in [-0.1, -0.05) is 48.5 Å². The first-order valence-electron chi connectivity index (χ1n) is 13.4. The number of aliphatic hydroxyl groups excluding tert-OH is 1. The zero-order valence-corrected chi connectivity index (χ0v) is 22.8. The molecule has 6 nitrogen and oxygen atoms in total. The van der Waals surface area contributed by atoms with Crippen LogP contribution in [0, 0.1) is 5.82 Å². The Hall–Kier alpha value is -5.03. The molecule has 0 saturated heterocycles. The van der Waals surface area contributed by atoms with Crippen LogP contribution in [0.2, 0.25) is 0 Å². The van der Waals surface area contributed by atoms with Gasteiger partial charge in [-0.25, -0.2) is 4.39 Å². The molecule has 1 amide bonds. The molecule has 1 heterocycles. The monoisotopic (exact) mass is 608 g/mol. The third-order valence-corrected chi connectivity index (χ3v) is 6.77. The summed E-state index contributed by atoms with van der Waals surface area (Å²) in [6.45, 7) is 0. The number of aromatic nitrogens is 1. The van der Waals surface area contributed by atoms with Crippen molar-refractivity contribution in [3.8, 4) is 17.2 Å². The highest BCUT2D eigenvalue weighted by atomic mass is 19.3. The van der Waals surface area contributed by atoms with E-state index in [0.717, 1.165) is 18.2 Å². The zero-order valence-electron chi connectivity index (χ0n) is 22.8. The number of ether oxygens (including phenoxy) is 2. The molecule has 2 N–H and O–H groups in total. The van der Waals surface area contributed by atoms with Crippen LogP contribution in [0.4, 0.5) is 22.0 Å². The summed E-state index contributed by atoms with van der Waals surface area (Å²) in [5.41, 5.74) is 0.833. The fourth-order valence-electron chi connectivity index (χ4n) is 4.65. The molecule has 5 aromatic rings. The van der Waals surface area contributed by atoms with E-state index in [1.54, 1.807) is 60.8 Å². The van der Waals surface area contributed by atoms with Gasteiger partial charge in [0.25, 0.3) is 5.91 Å². The van der Waals surface area contributed by atoms with Gasteiger partial charge in [0.15, 0.2) is 0 Å². The second-order valence-electron chi connectivity index (χ2n) is 9.84. The molecule has 0 saturated carbocycles. The lowest BCUT2D eigenvalue weighted by Crippen LogP contribution is -2.41. The van der Waals surface area contributed by atoms with Gasteiger partial charge in [0, 0.05) is 17.1 Å². The fourth-order valence-corrected chi connectivity index (χ4v) is 4.65. The maximum atomic E-state index is 14.4. The summed E-state index contributed by atoms with van der Waals surface area (Å²) in [4.78, 5) is 17.5. The SMILES string of the molecule is O=C(NC(Cc1cccc(OC(F)(F)C(F)F)c1)C(O)c1ccc(Oc2cccnc2)cc1)c1ccc(F)c2ccccc12. The van der Waals surface area contributed by atoms with Gasteiger partial charge in [0.2, 0.25) is 0 Å². The van der Waals surface area contributed by atoms with E-state index >= 15 is 0 Å². The highest BCUT2D eigenvalue weighted by molar-refractivity contribution is 6.07. The number of pyridine rings is 1. The zero-order chi connectivity index (χ0) is 31.3. The average Bonchev–Trinajstić information content (AvgIpc) is 3.01. The Morgan fingerprint density at radius 3 is 2.30 bits per heavy atom. The molecule has 0 bridgehead atoms. The Morgan fingerprint density at radius 2 is 1.59 bits per heavy atom. The number of hydrogen-bond donors (Lipinski definition) is 2. The van der Waals surface area contributed by atoms with Crippen LogP contribution in [0.25, 0.3) is 10.8 Å². The van der Waals surface area contributed by atoms with E-state index in [1.807, 2.05) is 0 Å². The number of hydrogen-bond acceptors (Lipinski definition) is 5. The molecular formula is C33H25F5N2O4. The third kappa shape index (κ3) is 7.12. The first kappa shape index (κ1) is 30.4. The molecule has 0 aliphatic rings. The van der Waals surface area contributed by atoms with Gasteiger partial charge < -0.3 is 19.9 Å². The first-order chi connectivity index (χ1) is 21.1. The predicted octanol–water partition coefficient (Wildman–Crippen LogP) is 7.48. The molecule has 2 atom stereocenters. The third-order valence-electron chi connectivity index (χ3n) is 6.77. The van der Waals surface area contributed by atoms with E-state index in [-0.39, 0.29) is 17.4 Å². The maximum absolute atomic E-state index is 14.4. The van der Waals surface area contributed by atoms with Gasteiger partial charge in [-0.15, -0.1) is 0 Å². The molecule has 44 heavy (non-hydrogen) atoms.